The number of aromatic nitrogens is 2. The van der Waals surface area contributed by atoms with Crippen molar-refractivity contribution in [2.45, 2.75) is 13.8 Å². The lowest BCUT2D eigenvalue weighted by Crippen LogP contribution is -2.35. The zero-order chi connectivity index (χ0) is 12.6. The molecule has 1 aromatic carbocycles. The first-order valence-electron chi connectivity index (χ1n) is 5.09. The molecule has 1 N–H and O–H groups in total. The second kappa shape index (κ2) is 4.22. The van der Waals surface area contributed by atoms with E-state index in [1.807, 2.05) is 13.0 Å². The molecule has 0 radical (unpaired) electrons. The molecule has 0 spiro atoms. The molecule has 1 aromatic heterocycles. The van der Waals surface area contributed by atoms with E-state index in [4.69, 9.17) is 11.6 Å². The second-order valence-electron chi connectivity index (χ2n) is 3.85. The maximum atomic E-state index is 12.0. The van der Waals surface area contributed by atoms with Crippen LogP contribution in [0.3, 0.4) is 0 Å². The minimum atomic E-state index is -0.531. The summed E-state index contributed by atoms with van der Waals surface area (Å²) in [6, 6.07) is 7.16. The van der Waals surface area contributed by atoms with E-state index >= 15 is 0 Å². The van der Waals surface area contributed by atoms with Crippen LogP contribution in [0.5, 0.6) is 0 Å². The van der Waals surface area contributed by atoms with Crippen molar-refractivity contribution in [2.75, 3.05) is 0 Å². The van der Waals surface area contributed by atoms with E-state index in [1.165, 1.54) is 0 Å². The number of aromatic amines is 1. The molecule has 2 aromatic rings. The van der Waals surface area contributed by atoms with E-state index in [9.17, 15) is 9.59 Å². The summed E-state index contributed by atoms with van der Waals surface area (Å²) in [4.78, 5) is 26.2. The van der Waals surface area contributed by atoms with Crippen LogP contribution in [0.15, 0.2) is 33.9 Å². The molecule has 0 unspecified atom stereocenters. The van der Waals surface area contributed by atoms with Gasteiger partial charge >= 0.3 is 5.69 Å². The molecule has 0 aliphatic carbocycles. The van der Waals surface area contributed by atoms with Crippen LogP contribution in [-0.2, 0) is 0 Å². The highest BCUT2D eigenvalue weighted by molar-refractivity contribution is 6.30. The number of hydrogen-bond acceptors (Lipinski definition) is 2. The van der Waals surface area contributed by atoms with E-state index in [-0.39, 0.29) is 5.15 Å². The fraction of sp³-hybridized carbons (Fsp3) is 0.167. The van der Waals surface area contributed by atoms with Crippen molar-refractivity contribution in [1.29, 1.82) is 0 Å². The van der Waals surface area contributed by atoms with Gasteiger partial charge in [0.1, 0.15) is 5.15 Å². The lowest BCUT2D eigenvalue weighted by molar-refractivity contribution is 0.859. The number of benzene rings is 1. The van der Waals surface area contributed by atoms with Gasteiger partial charge in [-0.05, 0) is 31.5 Å². The van der Waals surface area contributed by atoms with E-state index in [0.717, 1.165) is 10.1 Å². The monoisotopic (exact) mass is 250 g/mol. The maximum absolute atomic E-state index is 12.0. The summed E-state index contributed by atoms with van der Waals surface area (Å²) in [6.45, 7) is 3.47. The van der Waals surface area contributed by atoms with Gasteiger partial charge in [0, 0.05) is 0 Å². The standard InChI is InChI=1S/C12H11ClN2O2/c1-7-4-3-5-9(6-7)15-11(16)8(2)10(13)14-12(15)17/h3-6H,1-2H3,(H,14,17). The molecule has 17 heavy (non-hydrogen) atoms. The molecular weight excluding hydrogens is 240 g/mol. The van der Waals surface area contributed by atoms with E-state index in [2.05, 4.69) is 4.98 Å². The van der Waals surface area contributed by atoms with Crippen LogP contribution in [-0.4, -0.2) is 9.55 Å². The normalized spacial score (nSPS) is 10.5. The van der Waals surface area contributed by atoms with Crippen LogP contribution in [0, 0.1) is 13.8 Å². The van der Waals surface area contributed by atoms with Crippen LogP contribution in [0.4, 0.5) is 0 Å². The van der Waals surface area contributed by atoms with Gasteiger partial charge in [-0.1, -0.05) is 23.7 Å². The molecule has 0 saturated carbocycles. The van der Waals surface area contributed by atoms with Crippen molar-refractivity contribution >= 4 is 11.6 Å². The Kier molecular flexibility index (Phi) is 2.90. The predicted octanol–water partition coefficient (Wildman–Crippen LogP) is 1.80. The van der Waals surface area contributed by atoms with Crippen molar-refractivity contribution < 1.29 is 0 Å². The van der Waals surface area contributed by atoms with E-state index in [1.54, 1.807) is 25.1 Å². The maximum Gasteiger partial charge on any atom is 0.334 e. The summed E-state index contributed by atoms with van der Waals surface area (Å²) in [6.07, 6.45) is 0. The van der Waals surface area contributed by atoms with Gasteiger partial charge in [-0.25, -0.2) is 9.36 Å². The third-order valence-electron chi connectivity index (χ3n) is 2.53. The fourth-order valence-corrected chi connectivity index (χ4v) is 1.76. The summed E-state index contributed by atoms with van der Waals surface area (Å²) in [5.74, 6) is 0. The molecule has 0 aliphatic rings. The minimum Gasteiger partial charge on any atom is -0.297 e. The molecule has 88 valence electrons. The van der Waals surface area contributed by atoms with Crippen molar-refractivity contribution in [2.24, 2.45) is 0 Å². The van der Waals surface area contributed by atoms with Gasteiger partial charge < -0.3 is 0 Å². The molecule has 0 bridgehead atoms. The Balaban J connectivity index is 2.82. The lowest BCUT2D eigenvalue weighted by Gasteiger charge is -2.07. The molecule has 4 nitrogen and oxygen atoms in total. The topological polar surface area (TPSA) is 54.9 Å². The van der Waals surface area contributed by atoms with Crippen molar-refractivity contribution in [3.05, 3.63) is 61.4 Å². The van der Waals surface area contributed by atoms with Crippen LogP contribution in [0.2, 0.25) is 5.15 Å². The Bertz CT molecular complexity index is 686. The van der Waals surface area contributed by atoms with Gasteiger partial charge in [0.05, 0.1) is 11.3 Å². The highest BCUT2D eigenvalue weighted by Crippen LogP contribution is 2.08. The quantitative estimate of drug-likeness (QED) is 0.785. The van der Waals surface area contributed by atoms with Crippen molar-refractivity contribution in [3.63, 3.8) is 0 Å². The highest BCUT2D eigenvalue weighted by Gasteiger charge is 2.10. The lowest BCUT2D eigenvalue weighted by atomic mass is 10.2. The summed E-state index contributed by atoms with van der Waals surface area (Å²) in [5.41, 5.74) is 0.908. The molecule has 0 saturated heterocycles. The fourth-order valence-electron chi connectivity index (χ4n) is 1.60. The summed E-state index contributed by atoms with van der Waals surface area (Å²) in [7, 11) is 0. The Morgan fingerprint density at radius 1 is 1.24 bits per heavy atom. The first-order chi connectivity index (χ1) is 8.00. The summed E-state index contributed by atoms with van der Waals surface area (Å²) >= 11 is 5.74. The minimum absolute atomic E-state index is 0.0869. The number of nitrogens with zero attached hydrogens (tertiary/aromatic N) is 1. The second-order valence-corrected chi connectivity index (χ2v) is 4.23. The van der Waals surface area contributed by atoms with Gasteiger partial charge in [0.2, 0.25) is 0 Å². The van der Waals surface area contributed by atoms with Crippen LogP contribution < -0.4 is 11.2 Å². The van der Waals surface area contributed by atoms with Crippen molar-refractivity contribution in [1.82, 2.24) is 9.55 Å². The zero-order valence-corrected chi connectivity index (χ0v) is 10.2. The SMILES string of the molecule is Cc1cccc(-n2c(=O)[nH]c(Cl)c(C)c2=O)c1. The Hall–Kier alpha value is -1.81. The largest absolute Gasteiger partial charge is 0.334 e. The number of rotatable bonds is 1. The first kappa shape index (κ1) is 11.7. The number of hydrogen-bond donors (Lipinski definition) is 1. The molecular formula is C12H11ClN2O2. The number of aryl methyl sites for hydroxylation is 1. The van der Waals surface area contributed by atoms with Crippen LogP contribution >= 0.6 is 11.6 Å². The molecule has 1 heterocycles. The van der Waals surface area contributed by atoms with Gasteiger partial charge in [-0.3, -0.25) is 9.78 Å². The summed E-state index contributed by atoms with van der Waals surface area (Å²) < 4.78 is 1.08. The number of nitrogens with one attached hydrogen (secondary N) is 1. The van der Waals surface area contributed by atoms with Gasteiger partial charge in [0.15, 0.2) is 0 Å². The third kappa shape index (κ3) is 2.03. The Morgan fingerprint density at radius 3 is 2.59 bits per heavy atom. The molecule has 5 heteroatoms. The van der Waals surface area contributed by atoms with Crippen molar-refractivity contribution in [3.8, 4) is 5.69 Å². The zero-order valence-electron chi connectivity index (χ0n) is 9.45. The highest BCUT2D eigenvalue weighted by atomic mass is 35.5. The molecule has 0 atom stereocenters. The molecule has 0 amide bonds. The van der Waals surface area contributed by atoms with Gasteiger partial charge in [-0.2, -0.15) is 0 Å². The van der Waals surface area contributed by atoms with Gasteiger partial charge in [0.25, 0.3) is 5.56 Å². The first-order valence-corrected chi connectivity index (χ1v) is 5.47. The third-order valence-corrected chi connectivity index (χ3v) is 2.91. The van der Waals surface area contributed by atoms with E-state index < -0.39 is 11.2 Å². The number of H-pyrrole nitrogens is 1. The van der Waals surface area contributed by atoms with Gasteiger partial charge in [-0.15, -0.1) is 0 Å². The predicted molar refractivity (Wildman–Crippen MR) is 67.1 cm³/mol. The molecule has 0 fully saturated rings. The average Bonchev–Trinajstić information content (AvgIpc) is 2.26. The molecule has 0 aliphatic heterocycles. The Morgan fingerprint density at radius 2 is 1.94 bits per heavy atom. The molecule has 2 rings (SSSR count). The smallest absolute Gasteiger partial charge is 0.297 e. The summed E-state index contributed by atoms with van der Waals surface area (Å²) in [5, 5.41) is 0.0869. The number of halogens is 1. The van der Waals surface area contributed by atoms with Crippen LogP contribution in [0.25, 0.3) is 5.69 Å². The van der Waals surface area contributed by atoms with E-state index in [0.29, 0.717) is 11.3 Å². The average molecular weight is 251 g/mol. The van der Waals surface area contributed by atoms with Crippen LogP contribution in [0.1, 0.15) is 11.1 Å². The Labute approximate surface area is 102 Å².